The summed E-state index contributed by atoms with van der Waals surface area (Å²) in [5.74, 6) is -2.45. The molecule has 2 heterocycles. The summed E-state index contributed by atoms with van der Waals surface area (Å²) >= 11 is 2.09. The zero-order valence-electron chi connectivity index (χ0n) is 18.7. The molecule has 0 aliphatic carbocycles. The standard InChI is InChI=1S/C22H25F5IN3O2/c1-5-16-29-19(28)18-15(30(8-9-31(16)18)20(32)33-21(2,3)4)7-6-12-10-13(23)17(14(24)11-12)22(25,26)27/h10-11,15H,5-9H2,1-4H3. The molecule has 182 valence electrons. The van der Waals surface area contributed by atoms with Crippen LogP contribution in [0.25, 0.3) is 0 Å². The highest BCUT2D eigenvalue weighted by atomic mass is 127. The van der Waals surface area contributed by atoms with E-state index in [0.717, 1.165) is 11.5 Å². The number of aromatic nitrogens is 2. The summed E-state index contributed by atoms with van der Waals surface area (Å²) in [6.45, 7) is 8.09. The van der Waals surface area contributed by atoms with E-state index >= 15 is 0 Å². The molecule has 0 N–H and O–H groups in total. The van der Waals surface area contributed by atoms with Crippen LogP contribution in [0.15, 0.2) is 12.1 Å². The number of halogens is 6. The number of aryl methyl sites for hydroxylation is 2. The van der Waals surface area contributed by atoms with Crippen molar-refractivity contribution in [2.75, 3.05) is 6.54 Å². The van der Waals surface area contributed by atoms with Crippen molar-refractivity contribution in [1.29, 1.82) is 0 Å². The number of amides is 1. The predicted molar refractivity (Wildman–Crippen MR) is 120 cm³/mol. The van der Waals surface area contributed by atoms with E-state index in [4.69, 9.17) is 4.74 Å². The van der Waals surface area contributed by atoms with E-state index in [1.165, 1.54) is 0 Å². The number of carbonyl (C=O) groups excluding carboxylic acids is 1. The van der Waals surface area contributed by atoms with Gasteiger partial charge in [0.15, 0.2) is 0 Å². The number of rotatable bonds is 4. The minimum Gasteiger partial charge on any atom is -0.444 e. The Morgan fingerprint density at radius 1 is 1.18 bits per heavy atom. The van der Waals surface area contributed by atoms with Crippen molar-refractivity contribution in [3.05, 3.63) is 50.1 Å². The normalized spacial score (nSPS) is 16.7. The van der Waals surface area contributed by atoms with Gasteiger partial charge in [-0.3, -0.25) is 4.90 Å². The zero-order valence-corrected chi connectivity index (χ0v) is 20.9. The number of hydrogen-bond donors (Lipinski definition) is 0. The molecule has 0 spiro atoms. The number of fused-ring (bicyclic) bond motifs is 1. The van der Waals surface area contributed by atoms with E-state index in [9.17, 15) is 26.7 Å². The molecule has 0 bridgehead atoms. The molecule has 1 amide bonds. The van der Waals surface area contributed by atoms with E-state index in [-0.39, 0.29) is 18.4 Å². The fraction of sp³-hybridized carbons (Fsp3) is 0.545. The van der Waals surface area contributed by atoms with Crippen LogP contribution in [0.1, 0.15) is 62.8 Å². The third kappa shape index (κ3) is 5.60. The summed E-state index contributed by atoms with van der Waals surface area (Å²) in [7, 11) is 0. The number of alkyl halides is 3. The lowest BCUT2D eigenvalue weighted by Crippen LogP contribution is -2.45. The fourth-order valence-electron chi connectivity index (χ4n) is 4.01. The first-order valence-corrected chi connectivity index (χ1v) is 11.6. The molecule has 0 saturated heterocycles. The van der Waals surface area contributed by atoms with Crippen LogP contribution in [0, 0.1) is 15.3 Å². The van der Waals surface area contributed by atoms with Gasteiger partial charge in [-0.15, -0.1) is 0 Å². The molecular formula is C22H25F5IN3O2. The van der Waals surface area contributed by atoms with Crippen molar-refractivity contribution in [2.45, 2.75) is 71.3 Å². The van der Waals surface area contributed by atoms with Gasteiger partial charge in [-0.1, -0.05) is 6.92 Å². The van der Waals surface area contributed by atoms with Crippen LogP contribution < -0.4 is 0 Å². The first-order valence-electron chi connectivity index (χ1n) is 10.5. The number of carbonyl (C=O) groups is 1. The Morgan fingerprint density at radius 3 is 2.30 bits per heavy atom. The second-order valence-electron chi connectivity index (χ2n) is 8.87. The van der Waals surface area contributed by atoms with Crippen LogP contribution in [-0.2, 0) is 30.3 Å². The van der Waals surface area contributed by atoms with Gasteiger partial charge >= 0.3 is 12.3 Å². The molecule has 11 heteroatoms. The largest absolute Gasteiger partial charge is 0.444 e. The highest BCUT2D eigenvalue weighted by Gasteiger charge is 2.39. The van der Waals surface area contributed by atoms with Crippen LogP contribution in [-0.4, -0.2) is 32.7 Å². The van der Waals surface area contributed by atoms with Crippen LogP contribution in [0.3, 0.4) is 0 Å². The van der Waals surface area contributed by atoms with Gasteiger partial charge in [0, 0.05) is 19.5 Å². The first kappa shape index (κ1) is 25.7. The average Bonchev–Trinajstić information content (AvgIpc) is 2.99. The molecule has 1 atom stereocenters. The molecule has 0 saturated carbocycles. The van der Waals surface area contributed by atoms with Crippen LogP contribution in [0.2, 0.25) is 0 Å². The monoisotopic (exact) mass is 585 g/mol. The van der Waals surface area contributed by atoms with Gasteiger partial charge in [0.25, 0.3) is 0 Å². The van der Waals surface area contributed by atoms with E-state index in [2.05, 4.69) is 27.6 Å². The summed E-state index contributed by atoms with van der Waals surface area (Å²) in [6, 6.07) is 0.889. The van der Waals surface area contributed by atoms with Crippen LogP contribution in [0.4, 0.5) is 26.7 Å². The molecule has 1 unspecified atom stereocenters. The van der Waals surface area contributed by atoms with Crippen molar-refractivity contribution in [3.8, 4) is 0 Å². The second kappa shape index (κ2) is 9.38. The van der Waals surface area contributed by atoms with Gasteiger partial charge < -0.3 is 9.30 Å². The lowest BCUT2D eigenvalue weighted by atomic mass is 9.99. The maximum atomic E-state index is 14.1. The molecule has 2 aromatic rings. The van der Waals surface area contributed by atoms with Crippen molar-refractivity contribution < 1.29 is 31.5 Å². The third-order valence-corrected chi connectivity index (χ3v) is 6.13. The van der Waals surface area contributed by atoms with Gasteiger partial charge in [-0.25, -0.2) is 18.6 Å². The van der Waals surface area contributed by atoms with Crippen LogP contribution in [0.5, 0.6) is 0 Å². The molecule has 1 aliphatic rings. The molecule has 0 fully saturated rings. The van der Waals surface area contributed by atoms with E-state index < -0.39 is 41.1 Å². The highest BCUT2D eigenvalue weighted by Crippen LogP contribution is 2.37. The molecule has 5 nitrogen and oxygen atoms in total. The molecule has 1 aromatic heterocycles. The minimum absolute atomic E-state index is 0.0542. The zero-order chi connectivity index (χ0) is 24.7. The number of nitrogens with zero attached hydrogens (tertiary/aromatic N) is 3. The summed E-state index contributed by atoms with van der Waals surface area (Å²) in [5, 5.41) is 0. The van der Waals surface area contributed by atoms with Crippen molar-refractivity contribution in [3.63, 3.8) is 0 Å². The molecular weight excluding hydrogens is 560 g/mol. The summed E-state index contributed by atoms with van der Waals surface area (Å²) in [5.41, 5.74) is -1.76. The molecule has 0 radical (unpaired) electrons. The Labute approximate surface area is 202 Å². The molecule has 33 heavy (non-hydrogen) atoms. The van der Waals surface area contributed by atoms with Gasteiger partial charge in [0.2, 0.25) is 0 Å². The number of imidazole rings is 1. The topological polar surface area (TPSA) is 47.4 Å². The smallest absolute Gasteiger partial charge is 0.422 e. The van der Waals surface area contributed by atoms with Crippen molar-refractivity contribution >= 4 is 28.7 Å². The van der Waals surface area contributed by atoms with Gasteiger partial charge in [0.05, 0.1) is 11.7 Å². The number of benzene rings is 1. The van der Waals surface area contributed by atoms with Gasteiger partial charge in [-0.05, 0) is 73.9 Å². The molecule has 1 aromatic carbocycles. The van der Waals surface area contributed by atoms with E-state index in [1.54, 1.807) is 25.7 Å². The van der Waals surface area contributed by atoms with Crippen LogP contribution >= 0.6 is 22.6 Å². The minimum atomic E-state index is -5.12. The average molecular weight is 585 g/mol. The third-order valence-electron chi connectivity index (χ3n) is 5.33. The second-order valence-corrected chi connectivity index (χ2v) is 9.89. The lowest BCUT2D eigenvalue weighted by Gasteiger charge is -2.38. The molecule has 3 rings (SSSR count). The van der Waals surface area contributed by atoms with E-state index in [1.807, 2.05) is 11.5 Å². The summed E-state index contributed by atoms with van der Waals surface area (Å²) in [6.07, 6.45) is -4.68. The number of hydrogen-bond acceptors (Lipinski definition) is 3. The predicted octanol–water partition coefficient (Wildman–Crippen LogP) is 6.27. The van der Waals surface area contributed by atoms with E-state index in [0.29, 0.717) is 35.3 Å². The summed E-state index contributed by atoms with van der Waals surface area (Å²) < 4.78 is 75.1. The highest BCUT2D eigenvalue weighted by molar-refractivity contribution is 14.1. The number of ether oxygens (including phenoxy) is 1. The quantitative estimate of drug-likeness (QED) is 0.314. The Hall–Kier alpha value is -1.92. The maximum absolute atomic E-state index is 14.1. The first-order chi connectivity index (χ1) is 15.2. The Kier molecular flexibility index (Phi) is 7.30. The van der Waals surface area contributed by atoms with Gasteiger partial charge in [-0.2, -0.15) is 13.2 Å². The fourth-order valence-corrected chi connectivity index (χ4v) is 4.93. The van der Waals surface area contributed by atoms with Crippen molar-refractivity contribution in [1.82, 2.24) is 14.5 Å². The SMILES string of the molecule is CCc1nc(I)c2n1CCN(C(=O)OC(C)(C)C)C2CCc1cc(F)c(C(F)(F)F)c(F)c1. The Morgan fingerprint density at radius 2 is 1.79 bits per heavy atom. The van der Waals surface area contributed by atoms with Crippen molar-refractivity contribution in [2.24, 2.45) is 0 Å². The molecule has 1 aliphatic heterocycles. The Balaban J connectivity index is 1.94. The lowest BCUT2D eigenvalue weighted by molar-refractivity contribution is -0.142. The van der Waals surface area contributed by atoms with Gasteiger partial charge in [0.1, 0.15) is 32.3 Å². The Bertz CT molecular complexity index is 1020. The summed E-state index contributed by atoms with van der Waals surface area (Å²) in [4.78, 5) is 19.1. The maximum Gasteiger partial charge on any atom is 0.422 e.